The molecule has 2 N–H and O–H groups in total. The van der Waals surface area contributed by atoms with Crippen LogP contribution >= 0.6 is 0 Å². The quantitative estimate of drug-likeness (QED) is 0.619. The second-order valence-electron chi connectivity index (χ2n) is 6.10. The van der Waals surface area contributed by atoms with Crippen molar-refractivity contribution in [2.24, 2.45) is 0 Å². The van der Waals surface area contributed by atoms with Crippen molar-refractivity contribution in [3.05, 3.63) is 30.2 Å². The summed E-state index contributed by atoms with van der Waals surface area (Å²) >= 11 is 0. The molecular weight excluding hydrogens is 330 g/mol. The lowest BCUT2D eigenvalue weighted by molar-refractivity contribution is -0.0586. The molecule has 8 heteroatoms. The zero-order chi connectivity index (χ0) is 17.9. The first kappa shape index (κ1) is 17.5. The van der Waals surface area contributed by atoms with E-state index in [2.05, 4.69) is 20.3 Å². The van der Waals surface area contributed by atoms with Crippen LogP contribution in [-0.2, 0) is 0 Å². The van der Waals surface area contributed by atoms with E-state index in [4.69, 9.17) is 4.74 Å². The van der Waals surface area contributed by atoms with Gasteiger partial charge in [0.1, 0.15) is 18.1 Å². The molecule has 0 aromatic carbocycles. The van der Waals surface area contributed by atoms with Crippen molar-refractivity contribution < 1.29 is 18.3 Å². The SMILES string of the molecule is CNC/C=C/C(=O)c1c[nH]c2ncnc(OC3CCC(F)(F)CC3)c12. The van der Waals surface area contributed by atoms with E-state index >= 15 is 0 Å². The number of hydrogen-bond acceptors (Lipinski definition) is 5. The van der Waals surface area contributed by atoms with Crippen molar-refractivity contribution in [2.75, 3.05) is 13.6 Å². The molecular formula is C17H20F2N4O2. The molecule has 0 radical (unpaired) electrons. The van der Waals surface area contributed by atoms with Crippen LogP contribution in [0.1, 0.15) is 36.0 Å². The number of aromatic nitrogens is 3. The number of hydrogen-bond donors (Lipinski definition) is 2. The molecule has 1 fully saturated rings. The molecule has 6 nitrogen and oxygen atoms in total. The summed E-state index contributed by atoms with van der Waals surface area (Å²) < 4.78 is 32.4. The van der Waals surface area contributed by atoms with Crippen LogP contribution in [0.15, 0.2) is 24.7 Å². The number of halogens is 2. The van der Waals surface area contributed by atoms with Gasteiger partial charge in [0.05, 0.1) is 10.9 Å². The molecule has 1 aliphatic carbocycles. The van der Waals surface area contributed by atoms with Gasteiger partial charge in [0, 0.05) is 25.6 Å². The van der Waals surface area contributed by atoms with Gasteiger partial charge in [-0.3, -0.25) is 4.79 Å². The summed E-state index contributed by atoms with van der Waals surface area (Å²) in [6, 6.07) is 0. The average Bonchev–Trinajstić information content (AvgIpc) is 3.02. The first-order valence-electron chi connectivity index (χ1n) is 8.22. The number of aromatic amines is 1. The van der Waals surface area contributed by atoms with Crippen LogP contribution in [0.4, 0.5) is 8.78 Å². The molecule has 1 aliphatic rings. The van der Waals surface area contributed by atoms with Crippen molar-refractivity contribution in [2.45, 2.75) is 37.7 Å². The molecule has 3 rings (SSSR count). The van der Waals surface area contributed by atoms with E-state index in [9.17, 15) is 13.6 Å². The van der Waals surface area contributed by atoms with Crippen LogP contribution in [0.25, 0.3) is 11.0 Å². The molecule has 0 amide bonds. The Morgan fingerprint density at radius 1 is 1.44 bits per heavy atom. The lowest BCUT2D eigenvalue weighted by atomic mass is 9.94. The number of allylic oxidation sites excluding steroid dienone is 1. The van der Waals surface area contributed by atoms with Crippen LogP contribution in [-0.4, -0.2) is 46.4 Å². The maximum atomic E-state index is 13.3. The van der Waals surface area contributed by atoms with Gasteiger partial charge in [-0.2, -0.15) is 0 Å². The topological polar surface area (TPSA) is 79.9 Å². The monoisotopic (exact) mass is 350 g/mol. The molecule has 0 atom stereocenters. The molecule has 0 saturated heterocycles. The second-order valence-corrected chi connectivity index (χ2v) is 6.10. The number of carbonyl (C=O) groups excluding carboxylic acids is 1. The predicted molar refractivity (Wildman–Crippen MR) is 89.1 cm³/mol. The number of fused-ring (bicyclic) bond motifs is 1. The van der Waals surface area contributed by atoms with Gasteiger partial charge >= 0.3 is 0 Å². The van der Waals surface area contributed by atoms with Crippen LogP contribution in [0.2, 0.25) is 0 Å². The Kier molecular flexibility index (Phi) is 5.08. The molecule has 25 heavy (non-hydrogen) atoms. The normalized spacial score (nSPS) is 18.0. The lowest BCUT2D eigenvalue weighted by Crippen LogP contribution is -2.31. The third kappa shape index (κ3) is 4.01. The zero-order valence-corrected chi connectivity index (χ0v) is 13.9. The van der Waals surface area contributed by atoms with Crippen LogP contribution in [0.3, 0.4) is 0 Å². The Labute approximate surface area is 143 Å². The summed E-state index contributed by atoms with van der Waals surface area (Å²) in [7, 11) is 1.79. The predicted octanol–water partition coefficient (Wildman–Crippen LogP) is 2.87. The van der Waals surface area contributed by atoms with Gasteiger partial charge in [0.25, 0.3) is 0 Å². The summed E-state index contributed by atoms with van der Waals surface area (Å²) in [5.41, 5.74) is 0.885. The minimum absolute atomic E-state index is 0.197. The second kappa shape index (κ2) is 7.26. The molecule has 0 aliphatic heterocycles. The highest BCUT2D eigenvalue weighted by Crippen LogP contribution is 2.36. The highest BCUT2D eigenvalue weighted by Gasteiger charge is 2.36. The molecule has 1 saturated carbocycles. The third-order valence-corrected chi connectivity index (χ3v) is 4.23. The molecule has 2 aromatic rings. The zero-order valence-electron chi connectivity index (χ0n) is 13.9. The fraction of sp³-hybridized carbons (Fsp3) is 0.471. The number of ether oxygens (including phenoxy) is 1. The number of H-pyrrole nitrogens is 1. The van der Waals surface area contributed by atoms with E-state index < -0.39 is 5.92 Å². The molecule has 0 unspecified atom stereocenters. The van der Waals surface area contributed by atoms with Crippen molar-refractivity contribution in [1.29, 1.82) is 0 Å². The summed E-state index contributed by atoms with van der Waals surface area (Å²) in [5, 5.41) is 3.41. The van der Waals surface area contributed by atoms with Gasteiger partial charge in [0.2, 0.25) is 11.8 Å². The smallest absolute Gasteiger partial charge is 0.248 e. The Hall–Kier alpha value is -2.35. The summed E-state index contributed by atoms with van der Waals surface area (Å²) in [6.45, 7) is 0.574. The van der Waals surface area contributed by atoms with Gasteiger partial charge in [0.15, 0.2) is 5.78 Å². The summed E-state index contributed by atoms with van der Waals surface area (Å²) in [6.07, 6.45) is 5.86. The van der Waals surface area contributed by atoms with Crippen LogP contribution in [0, 0.1) is 0 Å². The number of nitrogens with zero attached hydrogens (tertiary/aromatic N) is 2. The number of ketones is 1. The van der Waals surface area contributed by atoms with Crippen molar-refractivity contribution in [3.63, 3.8) is 0 Å². The van der Waals surface area contributed by atoms with E-state index in [1.807, 2.05) is 0 Å². The summed E-state index contributed by atoms with van der Waals surface area (Å²) in [4.78, 5) is 23.5. The Bertz CT molecular complexity index is 778. The van der Waals surface area contributed by atoms with Crippen molar-refractivity contribution in [1.82, 2.24) is 20.3 Å². The van der Waals surface area contributed by atoms with Gasteiger partial charge < -0.3 is 15.0 Å². The van der Waals surface area contributed by atoms with E-state index in [0.29, 0.717) is 23.1 Å². The first-order valence-corrected chi connectivity index (χ1v) is 8.22. The number of alkyl halides is 2. The number of nitrogens with one attached hydrogen (secondary N) is 2. The van der Waals surface area contributed by atoms with Gasteiger partial charge in [-0.15, -0.1) is 0 Å². The Balaban J connectivity index is 1.83. The molecule has 2 aromatic heterocycles. The minimum atomic E-state index is -2.62. The van der Waals surface area contributed by atoms with E-state index in [-0.39, 0.29) is 43.5 Å². The Morgan fingerprint density at radius 2 is 2.20 bits per heavy atom. The molecule has 2 heterocycles. The number of rotatable bonds is 6. The largest absolute Gasteiger partial charge is 0.474 e. The van der Waals surface area contributed by atoms with Crippen molar-refractivity contribution >= 4 is 16.8 Å². The standard InChI is InChI=1S/C17H20F2N4O2/c1-20-8-2-3-13(24)12-9-21-15-14(12)16(23-10-22-15)25-11-4-6-17(18,19)7-5-11/h2-3,9-11,20H,4-8H2,1H3,(H,21,22,23)/b3-2+. The molecule has 0 bridgehead atoms. The fourth-order valence-electron chi connectivity index (χ4n) is 2.88. The van der Waals surface area contributed by atoms with Crippen molar-refractivity contribution in [3.8, 4) is 5.88 Å². The van der Waals surface area contributed by atoms with Crippen LogP contribution < -0.4 is 10.1 Å². The number of likely N-dealkylation sites (N-methyl/N-ethyl adjacent to an activating group) is 1. The Morgan fingerprint density at radius 3 is 2.92 bits per heavy atom. The lowest BCUT2D eigenvalue weighted by Gasteiger charge is -2.28. The van der Waals surface area contributed by atoms with E-state index in [0.717, 1.165) is 0 Å². The molecule has 134 valence electrons. The van der Waals surface area contributed by atoms with Gasteiger partial charge in [-0.25, -0.2) is 18.7 Å². The minimum Gasteiger partial charge on any atom is -0.474 e. The van der Waals surface area contributed by atoms with Crippen LogP contribution in [0.5, 0.6) is 5.88 Å². The van der Waals surface area contributed by atoms with Gasteiger partial charge in [-0.1, -0.05) is 6.08 Å². The maximum absolute atomic E-state index is 13.3. The highest BCUT2D eigenvalue weighted by atomic mass is 19.3. The number of carbonyl (C=O) groups is 1. The fourth-order valence-corrected chi connectivity index (χ4v) is 2.88. The first-order chi connectivity index (χ1) is 12.0. The maximum Gasteiger partial charge on any atom is 0.248 e. The van der Waals surface area contributed by atoms with E-state index in [1.165, 1.54) is 12.4 Å². The third-order valence-electron chi connectivity index (χ3n) is 4.23. The average molecular weight is 350 g/mol. The summed E-state index contributed by atoms with van der Waals surface area (Å²) in [5.74, 6) is -2.56. The van der Waals surface area contributed by atoms with Gasteiger partial charge in [-0.05, 0) is 26.0 Å². The highest BCUT2D eigenvalue weighted by molar-refractivity contribution is 6.13. The van der Waals surface area contributed by atoms with E-state index in [1.54, 1.807) is 19.3 Å². The molecule has 0 spiro atoms.